The van der Waals surface area contributed by atoms with Gasteiger partial charge in [-0.2, -0.15) is 0 Å². The molecule has 2 rings (SSSR count). The lowest BCUT2D eigenvalue weighted by atomic mass is 9.94. The minimum Gasteiger partial charge on any atom is -0.452 e. The smallest absolute Gasteiger partial charge is 0.256 e. The molecule has 1 aromatic carbocycles. The minimum atomic E-state index is -0.666. The van der Waals surface area contributed by atoms with Crippen LogP contribution in [-0.2, 0) is 5.54 Å². The molecule has 1 atom stereocenters. The second kappa shape index (κ2) is 5.68. The molecule has 3 nitrogen and oxygen atoms in total. The van der Waals surface area contributed by atoms with Crippen molar-refractivity contribution in [1.82, 2.24) is 5.32 Å². The second-order valence-corrected chi connectivity index (χ2v) is 5.00. The molecule has 0 spiro atoms. The first-order valence-electron chi connectivity index (χ1n) is 5.74. The van der Waals surface area contributed by atoms with Crippen molar-refractivity contribution < 1.29 is 9.21 Å². The van der Waals surface area contributed by atoms with Crippen molar-refractivity contribution in [3.05, 3.63) is 59.0 Å². The third kappa shape index (κ3) is 2.94. The van der Waals surface area contributed by atoms with Gasteiger partial charge in [-0.1, -0.05) is 30.3 Å². The largest absolute Gasteiger partial charge is 0.452 e. The van der Waals surface area contributed by atoms with Crippen LogP contribution in [0.5, 0.6) is 0 Å². The summed E-state index contributed by atoms with van der Waals surface area (Å²) in [5.74, 6) is -0.0659. The second-order valence-electron chi connectivity index (χ2n) is 4.39. The van der Waals surface area contributed by atoms with E-state index in [-0.39, 0.29) is 17.0 Å². The van der Waals surface area contributed by atoms with Gasteiger partial charge in [0.2, 0.25) is 5.22 Å². The summed E-state index contributed by atoms with van der Waals surface area (Å²) < 4.78 is 4.91. The van der Waals surface area contributed by atoms with Crippen LogP contribution in [0.2, 0.25) is 5.22 Å². The monoisotopic (exact) mass is 297 g/mol. The summed E-state index contributed by atoms with van der Waals surface area (Å²) in [6, 6.07) is 11.1. The number of carbonyl (C=O) groups is 1. The van der Waals surface area contributed by atoms with Crippen LogP contribution in [0.1, 0.15) is 22.8 Å². The Morgan fingerprint density at radius 1 is 1.32 bits per heavy atom. The first kappa shape index (κ1) is 14.0. The zero-order valence-corrected chi connectivity index (χ0v) is 11.8. The van der Waals surface area contributed by atoms with Gasteiger partial charge in [0, 0.05) is 5.88 Å². The molecule has 5 heteroatoms. The lowest BCUT2D eigenvalue weighted by Gasteiger charge is -2.29. The Bertz CT molecular complexity index is 568. The van der Waals surface area contributed by atoms with Crippen LogP contribution in [-0.4, -0.2) is 11.8 Å². The molecule has 1 N–H and O–H groups in total. The average molecular weight is 298 g/mol. The molecule has 2 aromatic rings. The van der Waals surface area contributed by atoms with Crippen molar-refractivity contribution in [2.24, 2.45) is 0 Å². The number of carbonyl (C=O) groups excluding carboxylic acids is 1. The van der Waals surface area contributed by atoms with Gasteiger partial charge in [-0.3, -0.25) is 4.79 Å². The van der Waals surface area contributed by atoms with Crippen molar-refractivity contribution in [2.75, 3.05) is 5.88 Å². The van der Waals surface area contributed by atoms with Crippen LogP contribution >= 0.6 is 23.2 Å². The van der Waals surface area contributed by atoms with Gasteiger partial charge >= 0.3 is 0 Å². The molecule has 0 aliphatic carbocycles. The zero-order chi connectivity index (χ0) is 13.9. The third-order valence-electron chi connectivity index (χ3n) is 2.93. The van der Waals surface area contributed by atoms with Crippen molar-refractivity contribution in [3.8, 4) is 0 Å². The van der Waals surface area contributed by atoms with E-state index in [0.29, 0.717) is 5.56 Å². The molecule has 1 amide bonds. The highest BCUT2D eigenvalue weighted by Crippen LogP contribution is 2.24. The van der Waals surface area contributed by atoms with Crippen LogP contribution in [0.4, 0.5) is 0 Å². The first-order valence-corrected chi connectivity index (χ1v) is 6.65. The summed E-state index contributed by atoms with van der Waals surface area (Å²) in [6.07, 6.45) is 1.37. The maximum Gasteiger partial charge on any atom is 0.256 e. The van der Waals surface area contributed by atoms with Crippen LogP contribution in [0, 0.1) is 0 Å². The van der Waals surface area contributed by atoms with Crippen LogP contribution in [0.3, 0.4) is 0 Å². The summed E-state index contributed by atoms with van der Waals surface area (Å²) in [7, 11) is 0. The molecule has 0 saturated carbocycles. The Morgan fingerprint density at radius 2 is 2.00 bits per heavy atom. The topological polar surface area (TPSA) is 42.2 Å². The highest BCUT2D eigenvalue weighted by molar-refractivity contribution is 6.32. The SMILES string of the molecule is CC(CCl)(NC(=O)c1ccoc1Cl)c1ccccc1. The van der Waals surface area contributed by atoms with E-state index in [4.69, 9.17) is 27.6 Å². The summed E-state index contributed by atoms with van der Waals surface area (Å²) in [5.41, 5.74) is 0.562. The van der Waals surface area contributed by atoms with Crippen molar-refractivity contribution in [1.29, 1.82) is 0 Å². The molecule has 0 bridgehead atoms. The number of furan rings is 1. The number of benzene rings is 1. The highest BCUT2D eigenvalue weighted by atomic mass is 35.5. The van der Waals surface area contributed by atoms with E-state index in [2.05, 4.69) is 5.32 Å². The molecule has 19 heavy (non-hydrogen) atoms. The number of amides is 1. The first-order chi connectivity index (χ1) is 9.07. The zero-order valence-electron chi connectivity index (χ0n) is 10.3. The summed E-state index contributed by atoms with van der Waals surface area (Å²) in [4.78, 5) is 12.2. The fraction of sp³-hybridized carbons (Fsp3) is 0.214. The number of nitrogens with one attached hydrogen (secondary N) is 1. The van der Waals surface area contributed by atoms with Gasteiger partial charge in [-0.15, -0.1) is 11.6 Å². The van der Waals surface area contributed by atoms with Crippen molar-refractivity contribution in [2.45, 2.75) is 12.5 Å². The molecule has 0 fully saturated rings. The van der Waals surface area contributed by atoms with Gasteiger partial charge in [-0.25, -0.2) is 0 Å². The Labute approximate surface area is 121 Å². The van der Waals surface area contributed by atoms with E-state index < -0.39 is 5.54 Å². The summed E-state index contributed by atoms with van der Waals surface area (Å²) >= 11 is 11.8. The quantitative estimate of drug-likeness (QED) is 0.872. The van der Waals surface area contributed by atoms with Gasteiger partial charge in [0.05, 0.1) is 17.4 Å². The van der Waals surface area contributed by atoms with Crippen molar-refractivity contribution in [3.63, 3.8) is 0 Å². The van der Waals surface area contributed by atoms with Crippen LogP contribution in [0.15, 0.2) is 47.1 Å². The Kier molecular flexibility index (Phi) is 4.17. The molecule has 100 valence electrons. The van der Waals surface area contributed by atoms with E-state index in [1.165, 1.54) is 12.3 Å². The summed E-state index contributed by atoms with van der Waals surface area (Å²) in [5, 5.41) is 2.96. The fourth-order valence-corrected chi connectivity index (χ4v) is 2.18. The third-order valence-corrected chi connectivity index (χ3v) is 3.76. The van der Waals surface area contributed by atoms with E-state index in [0.717, 1.165) is 5.56 Å². The van der Waals surface area contributed by atoms with Crippen molar-refractivity contribution >= 4 is 29.1 Å². The van der Waals surface area contributed by atoms with Crippen LogP contribution in [0.25, 0.3) is 0 Å². The Morgan fingerprint density at radius 3 is 2.53 bits per heavy atom. The normalized spacial score (nSPS) is 13.8. The lowest BCUT2D eigenvalue weighted by Crippen LogP contribution is -2.45. The van der Waals surface area contributed by atoms with Gasteiger partial charge in [-0.05, 0) is 30.2 Å². The number of hydrogen-bond acceptors (Lipinski definition) is 2. The molecule has 0 saturated heterocycles. The van der Waals surface area contributed by atoms with Crippen LogP contribution < -0.4 is 5.32 Å². The number of hydrogen-bond donors (Lipinski definition) is 1. The van der Waals surface area contributed by atoms with E-state index in [1.54, 1.807) is 0 Å². The number of alkyl halides is 1. The number of rotatable bonds is 4. The number of halogens is 2. The summed E-state index contributed by atoms with van der Waals surface area (Å²) in [6.45, 7) is 1.86. The Hall–Kier alpha value is -1.45. The molecule has 1 heterocycles. The predicted octanol–water partition coefficient (Wildman–Crippen LogP) is 3.82. The molecule has 1 aromatic heterocycles. The molecular formula is C14H13Cl2NO2. The highest BCUT2D eigenvalue weighted by Gasteiger charge is 2.29. The predicted molar refractivity (Wildman–Crippen MR) is 75.7 cm³/mol. The molecule has 0 aliphatic heterocycles. The minimum absolute atomic E-state index is 0.0717. The molecule has 1 unspecified atom stereocenters. The molecule has 0 radical (unpaired) electrons. The molecule has 0 aliphatic rings. The maximum atomic E-state index is 12.2. The van der Waals surface area contributed by atoms with E-state index in [9.17, 15) is 4.79 Å². The standard InChI is InChI=1S/C14H13Cl2NO2/c1-14(9-15,10-5-3-2-4-6-10)17-13(18)11-7-8-19-12(11)16/h2-8H,9H2,1H3,(H,17,18). The Balaban J connectivity index is 2.25. The fourth-order valence-electron chi connectivity index (χ4n) is 1.76. The lowest BCUT2D eigenvalue weighted by molar-refractivity contribution is 0.0913. The van der Waals surface area contributed by atoms with E-state index >= 15 is 0 Å². The van der Waals surface area contributed by atoms with E-state index in [1.807, 2.05) is 37.3 Å². The maximum absolute atomic E-state index is 12.2. The average Bonchev–Trinajstić information content (AvgIpc) is 2.86. The van der Waals surface area contributed by atoms with Gasteiger partial charge in [0.15, 0.2) is 0 Å². The van der Waals surface area contributed by atoms with Gasteiger partial charge < -0.3 is 9.73 Å². The van der Waals surface area contributed by atoms with Gasteiger partial charge in [0.25, 0.3) is 5.91 Å². The molecular weight excluding hydrogens is 285 g/mol. The van der Waals surface area contributed by atoms with Gasteiger partial charge in [0.1, 0.15) is 0 Å².